The van der Waals surface area contributed by atoms with E-state index in [4.69, 9.17) is 9.47 Å². The number of ether oxygens (including phenoxy) is 2. The zero-order chi connectivity index (χ0) is 30.1. The smallest absolute Gasteiger partial charge is 0.341 e. The van der Waals surface area contributed by atoms with Gasteiger partial charge in [-0.3, -0.25) is 9.59 Å². The van der Waals surface area contributed by atoms with E-state index in [1.807, 2.05) is 35.8 Å². The lowest BCUT2D eigenvalue weighted by Gasteiger charge is -2.14. The van der Waals surface area contributed by atoms with Crippen molar-refractivity contribution in [3.05, 3.63) is 51.7 Å². The number of aromatic nitrogens is 3. The number of unbranched alkanes of at least 4 members (excludes halogenated alkanes) is 1. The summed E-state index contributed by atoms with van der Waals surface area (Å²) in [6.07, 6.45) is 5.95. The first-order valence-corrected chi connectivity index (χ1v) is 16.1. The molecule has 2 N–H and O–H groups in total. The third-order valence-electron chi connectivity index (χ3n) is 7.04. The number of hydrogen-bond donors (Lipinski definition) is 2. The van der Waals surface area contributed by atoms with Crippen molar-refractivity contribution in [2.75, 3.05) is 19.0 Å². The van der Waals surface area contributed by atoms with Gasteiger partial charge in [-0.05, 0) is 69.2 Å². The van der Waals surface area contributed by atoms with Gasteiger partial charge in [0.05, 0.1) is 37.5 Å². The predicted molar refractivity (Wildman–Crippen MR) is 164 cm³/mol. The van der Waals surface area contributed by atoms with Crippen molar-refractivity contribution in [2.45, 2.75) is 89.2 Å². The van der Waals surface area contributed by atoms with Crippen LogP contribution in [0.25, 0.3) is 0 Å². The number of thiophene rings is 1. The molecule has 2 amide bonds. The van der Waals surface area contributed by atoms with E-state index in [1.54, 1.807) is 14.0 Å². The summed E-state index contributed by atoms with van der Waals surface area (Å²) in [5.74, 6) is 0.652. The second-order valence-corrected chi connectivity index (χ2v) is 12.5. The van der Waals surface area contributed by atoms with Crippen LogP contribution in [0.2, 0.25) is 0 Å². The summed E-state index contributed by atoms with van der Waals surface area (Å²) in [4.78, 5) is 39.9. The van der Waals surface area contributed by atoms with Gasteiger partial charge < -0.3 is 24.7 Å². The summed E-state index contributed by atoms with van der Waals surface area (Å²) in [7, 11) is 1.61. The van der Waals surface area contributed by atoms with Gasteiger partial charge in [-0.15, -0.1) is 21.5 Å². The van der Waals surface area contributed by atoms with Gasteiger partial charge in [-0.1, -0.05) is 37.2 Å². The number of thioether (sulfide) groups is 1. The zero-order valence-electron chi connectivity index (χ0n) is 24.7. The van der Waals surface area contributed by atoms with Crippen LogP contribution in [0.5, 0.6) is 5.75 Å². The molecule has 0 fully saturated rings. The number of anilines is 1. The maximum atomic E-state index is 13.3. The van der Waals surface area contributed by atoms with Crippen LogP contribution in [-0.2, 0) is 46.7 Å². The van der Waals surface area contributed by atoms with Gasteiger partial charge in [-0.2, -0.15) is 0 Å². The van der Waals surface area contributed by atoms with Gasteiger partial charge in [0.2, 0.25) is 11.8 Å². The molecule has 1 unspecified atom stereocenters. The van der Waals surface area contributed by atoms with E-state index >= 15 is 0 Å². The molecule has 3 aromatic rings. The monoisotopic (exact) mass is 613 g/mol. The molecule has 226 valence electrons. The Balaban J connectivity index is 1.42. The molecule has 4 rings (SSSR count). The summed E-state index contributed by atoms with van der Waals surface area (Å²) in [6.45, 7) is 6.88. The highest BCUT2D eigenvalue weighted by Crippen LogP contribution is 2.39. The minimum absolute atomic E-state index is 0.122. The van der Waals surface area contributed by atoms with Crippen molar-refractivity contribution in [1.82, 2.24) is 20.1 Å². The number of hydrogen-bond acceptors (Lipinski definition) is 9. The van der Waals surface area contributed by atoms with Crippen molar-refractivity contribution in [3.8, 4) is 5.75 Å². The van der Waals surface area contributed by atoms with Gasteiger partial charge in [-0.25, -0.2) is 4.79 Å². The topological polar surface area (TPSA) is 124 Å². The van der Waals surface area contributed by atoms with E-state index in [2.05, 4.69) is 27.8 Å². The van der Waals surface area contributed by atoms with Crippen LogP contribution in [-0.4, -0.2) is 51.5 Å². The number of esters is 1. The lowest BCUT2D eigenvalue weighted by molar-refractivity contribution is -0.120. The molecule has 0 saturated heterocycles. The number of nitrogens with one attached hydrogen (secondary N) is 2. The van der Waals surface area contributed by atoms with Crippen LogP contribution in [0.15, 0.2) is 29.4 Å². The molecule has 12 heteroatoms. The Hall–Kier alpha value is -3.38. The fraction of sp³-hybridized carbons (Fsp3) is 0.500. The number of fused-ring (bicyclic) bond motifs is 1. The minimum Gasteiger partial charge on any atom is -0.497 e. The molecule has 0 aliphatic heterocycles. The van der Waals surface area contributed by atoms with Crippen LogP contribution < -0.4 is 15.4 Å². The van der Waals surface area contributed by atoms with Crippen molar-refractivity contribution in [1.29, 1.82) is 0 Å². The second kappa shape index (κ2) is 15.2. The number of carbonyl (C=O) groups excluding carboxylic acids is 3. The SMILES string of the molecule is CCCCn1c(CNC(=O)Cc2ccc(OC)cc2)nnc1SC(C)C(=O)Nc1sc2c(c1C(=O)OCC)CCCC2. The first kappa shape index (κ1) is 31.6. The van der Waals surface area contributed by atoms with Gasteiger partial charge in [0.25, 0.3) is 0 Å². The van der Waals surface area contributed by atoms with Crippen molar-refractivity contribution in [2.24, 2.45) is 0 Å². The van der Waals surface area contributed by atoms with Crippen molar-refractivity contribution >= 4 is 45.9 Å². The summed E-state index contributed by atoms with van der Waals surface area (Å²) in [5, 5.41) is 15.3. The molecule has 0 saturated carbocycles. The normalized spacial score (nSPS) is 13.2. The molecule has 2 heterocycles. The second-order valence-electron chi connectivity index (χ2n) is 10.1. The van der Waals surface area contributed by atoms with E-state index in [-0.39, 0.29) is 37.4 Å². The Labute approximate surface area is 255 Å². The highest BCUT2D eigenvalue weighted by molar-refractivity contribution is 8.00. The standard InChI is InChI=1S/C30H39N5O5S2/c1-5-7-16-35-24(18-31-25(36)17-20-12-14-21(39-4)15-13-20)33-34-30(35)41-19(3)27(37)32-28-26(29(38)40-6-2)22-10-8-9-11-23(22)42-28/h12-15,19H,5-11,16-18H2,1-4H3,(H,31,36)(H,32,37). The van der Waals surface area contributed by atoms with E-state index < -0.39 is 5.25 Å². The Morgan fingerprint density at radius 1 is 1.12 bits per heavy atom. The molecule has 1 atom stereocenters. The van der Waals surface area contributed by atoms with Gasteiger partial charge >= 0.3 is 5.97 Å². The van der Waals surface area contributed by atoms with E-state index in [0.717, 1.165) is 60.3 Å². The Bertz CT molecular complexity index is 1390. The average molecular weight is 614 g/mol. The summed E-state index contributed by atoms with van der Waals surface area (Å²) < 4.78 is 12.5. The number of methoxy groups -OCH3 is 1. The first-order chi connectivity index (χ1) is 20.3. The molecule has 2 aromatic heterocycles. The molecule has 1 aliphatic carbocycles. The number of nitrogens with zero attached hydrogens (tertiary/aromatic N) is 3. The highest BCUT2D eigenvalue weighted by Gasteiger charge is 2.29. The van der Waals surface area contributed by atoms with Gasteiger partial charge in [0, 0.05) is 11.4 Å². The number of amides is 2. The van der Waals surface area contributed by atoms with Crippen molar-refractivity contribution in [3.63, 3.8) is 0 Å². The molecule has 0 spiro atoms. The maximum absolute atomic E-state index is 13.3. The Kier molecular flexibility index (Phi) is 11.4. The molecular weight excluding hydrogens is 574 g/mol. The summed E-state index contributed by atoms with van der Waals surface area (Å²) in [6, 6.07) is 7.39. The Morgan fingerprint density at radius 2 is 1.88 bits per heavy atom. The molecule has 0 radical (unpaired) electrons. The van der Waals surface area contributed by atoms with E-state index in [0.29, 0.717) is 28.1 Å². The summed E-state index contributed by atoms with van der Waals surface area (Å²) in [5.41, 5.74) is 2.40. The molecule has 42 heavy (non-hydrogen) atoms. The predicted octanol–water partition coefficient (Wildman–Crippen LogP) is 5.18. The fourth-order valence-electron chi connectivity index (χ4n) is 4.74. The zero-order valence-corrected chi connectivity index (χ0v) is 26.3. The Morgan fingerprint density at radius 3 is 2.60 bits per heavy atom. The van der Waals surface area contributed by atoms with E-state index in [1.165, 1.54) is 23.1 Å². The molecule has 10 nitrogen and oxygen atoms in total. The quantitative estimate of drug-likeness (QED) is 0.188. The summed E-state index contributed by atoms with van der Waals surface area (Å²) >= 11 is 2.79. The molecule has 1 aliphatic rings. The molecule has 1 aromatic carbocycles. The van der Waals surface area contributed by atoms with Crippen LogP contribution >= 0.6 is 23.1 Å². The van der Waals surface area contributed by atoms with Crippen LogP contribution in [0.4, 0.5) is 5.00 Å². The van der Waals surface area contributed by atoms with Gasteiger partial charge in [0.1, 0.15) is 10.8 Å². The maximum Gasteiger partial charge on any atom is 0.341 e. The van der Waals surface area contributed by atoms with Crippen LogP contribution in [0.3, 0.4) is 0 Å². The number of carbonyl (C=O) groups is 3. The molecule has 0 bridgehead atoms. The minimum atomic E-state index is -0.499. The average Bonchev–Trinajstić information content (AvgIpc) is 3.55. The lowest BCUT2D eigenvalue weighted by atomic mass is 9.95. The van der Waals surface area contributed by atoms with Crippen molar-refractivity contribution < 1.29 is 23.9 Å². The fourth-order valence-corrected chi connectivity index (χ4v) is 6.92. The van der Waals surface area contributed by atoms with E-state index in [9.17, 15) is 14.4 Å². The number of rotatable bonds is 14. The van der Waals surface area contributed by atoms with Crippen LogP contribution in [0, 0.1) is 0 Å². The molecular formula is C30H39N5O5S2. The highest BCUT2D eigenvalue weighted by atomic mass is 32.2. The number of aryl methyl sites for hydroxylation is 1. The lowest BCUT2D eigenvalue weighted by Crippen LogP contribution is -2.26. The third-order valence-corrected chi connectivity index (χ3v) is 9.32. The van der Waals surface area contributed by atoms with Gasteiger partial charge in [0.15, 0.2) is 11.0 Å². The largest absolute Gasteiger partial charge is 0.497 e. The number of benzene rings is 1. The third kappa shape index (κ3) is 7.91. The first-order valence-electron chi connectivity index (χ1n) is 14.4. The van der Waals surface area contributed by atoms with Crippen LogP contribution in [0.1, 0.15) is 78.6 Å².